The fourth-order valence-electron chi connectivity index (χ4n) is 3.70. The zero-order valence-electron chi connectivity index (χ0n) is 15.4. The second-order valence-electron chi connectivity index (χ2n) is 6.86. The molecule has 0 spiro atoms. The van der Waals surface area contributed by atoms with Crippen molar-refractivity contribution in [3.8, 4) is 11.5 Å². The molecule has 1 aliphatic heterocycles. The first-order valence-corrected chi connectivity index (χ1v) is 8.96. The zero-order chi connectivity index (χ0) is 18.6. The Bertz CT molecular complexity index is 718. The van der Waals surface area contributed by atoms with Crippen molar-refractivity contribution in [1.82, 2.24) is 4.90 Å². The third-order valence-electron chi connectivity index (χ3n) is 5.09. The summed E-state index contributed by atoms with van der Waals surface area (Å²) in [7, 11) is 3.24. The van der Waals surface area contributed by atoms with Gasteiger partial charge in [-0.25, -0.2) is 0 Å². The van der Waals surface area contributed by atoms with Gasteiger partial charge in [0.2, 0.25) is 0 Å². The number of methoxy groups -OCH3 is 2. The number of likely N-dealkylation sites (tertiary alicyclic amines) is 1. The molecule has 1 saturated heterocycles. The van der Waals surface area contributed by atoms with Gasteiger partial charge in [-0.15, -0.1) is 0 Å². The van der Waals surface area contributed by atoms with E-state index in [0.29, 0.717) is 25.3 Å². The van der Waals surface area contributed by atoms with Crippen molar-refractivity contribution in [2.75, 3.05) is 33.9 Å². The summed E-state index contributed by atoms with van der Waals surface area (Å²) < 4.78 is 10.6. The number of benzene rings is 2. The first kappa shape index (κ1) is 18.7. The number of rotatable bonds is 6. The summed E-state index contributed by atoms with van der Waals surface area (Å²) in [5.41, 5.74) is 0.688. The van der Waals surface area contributed by atoms with Gasteiger partial charge in [0.05, 0.1) is 20.3 Å². The Balaban J connectivity index is 1.71. The fourth-order valence-corrected chi connectivity index (χ4v) is 3.70. The number of ether oxygens (including phenoxy) is 2. The molecule has 0 bridgehead atoms. The normalized spacial score (nSPS) is 22.0. The maximum atomic E-state index is 11.3. The summed E-state index contributed by atoms with van der Waals surface area (Å²) in [6.07, 6.45) is 0.938. The highest BCUT2D eigenvalue weighted by Gasteiger charge is 2.37. The average molecular weight is 357 g/mol. The smallest absolute Gasteiger partial charge is 0.124 e. The quantitative estimate of drug-likeness (QED) is 0.832. The lowest BCUT2D eigenvalue weighted by Crippen LogP contribution is -2.47. The molecule has 0 saturated carbocycles. The molecule has 1 fully saturated rings. The van der Waals surface area contributed by atoms with Crippen LogP contribution in [0.3, 0.4) is 0 Å². The van der Waals surface area contributed by atoms with Gasteiger partial charge in [0.1, 0.15) is 17.1 Å². The van der Waals surface area contributed by atoms with Crippen LogP contribution in [0.5, 0.6) is 11.5 Å². The molecule has 0 radical (unpaired) electrons. The molecule has 2 N–H and O–H groups in total. The van der Waals surface area contributed by atoms with Crippen molar-refractivity contribution in [2.45, 2.75) is 24.5 Å². The summed E-state index contributed by atoms with van der Waals surface area (Å²) in [5, 5.41) is 21.8. The van der Waals surface area contributed by atoms with E-state index in [0.717, 1.165) is 29.8 Å². The Morgan fingerprint density at radius 3 is 2.50 bits per heavy atom. The Kier molecular flexibility index (Phi) is 5.81. The number of piperidine rings is 1. The second-order valence-corrected chi connectivity index (χ2v) is 6.86. The maximum Gasteiger partial charge on any atom is 0.124 e. The molecular weight excluding hydrogens is 330 g/mol. The van der Waals surface area contributed by atoms with E-state index >= 15 is 0 Å². The van der Waals surface area contributed by atoms with E-state index in [1.807, 2.05) is 48.5 Å². The molecule has 0 amide bonds. The van der Waals surface area contributed by atoms with Crippen LogP contribution in [0.4, 0.5) is 0 Å². The Hall–Kier alpha value is -2.08. The number of aliphatic hydroxyl groups is 2. The minimum atomic E-state index is -0.968. The van der Waals surface area contributed by atoms with Crippen LogP contribution in [0.25, 0.3) is 0 Å². The number of hydrogen-bond acceptors (Lipinski definition) is 5. The molecule has 1 aliphatic rings. The fraction of sp³-hybridized carbons (Fsp3) is 0.429. The zero-order valence-corrected chi connectivity index (χ0v) is 15.4. The van der Waals surface area contributed by atoms with Gasteiger partial charge in [0.25, 0.3) is 0 Å². The molecule has 5 heteroatoms. The van der Waals surface area contributed by atoms with Crippen LogP contribution in [0.1, 0.15) is 30.1 Å². The van der Waals surface area contributed by atoms with Crippen LogP contribution < -0.4 is 9.47 Å². The molecule has 5 nitrogen and oxygen atoms in total. The molecule has 0 unspecified atom stereocenters. The maximum absolute atomic E-state index is 11.3. The summed E-state index contributed by atoms with van der Waals surface area (Å²) in [6, 6.07) is 15.1. The van der Waals surface area contributed by atoms with Crippen LogP contribution in [0.2, 0.25) is 0 Å². The monoisotopic (exact) mass is 357 g/mol. The molecule has 3 rings (SSSR count). The number of para-hydroxylation sites is 1. The van der Waals surface area contributed by atoms with E-state index < -0.39 is 11.7 Å². The summed E-state index contributed by atoms with van der Waals surface area (Å²) in [4.78, 5) is 2.12. The van der Waals surface area contributed by atoms with E-state index in [1.165, 1.54) is 0 Å². The van der Waals surface area contributed by atoms with Gasteiger partial charge in [-0.1, -0.05) is 30.3 Å². The molecule has 2 aromatic rings. The minimum Gasteiger partial charge on any atom is -0.497 e. The lowest BCUT2D eigenvalue weighted by atomic mass is 9.85. The molecule has 1 heterocycles. The van der Waals surface area contributed by atoms with E-state index in [4.69, 9.17) is 9.47 Å². The topological polar surface area (TPSA) is 62.2 Å². The van der Waals surface area contributed by atoms with E-state index in [1.54, 1.807) is 14.2 Å². The molecule has 0 aromatic heterocycles. The molecule has 140 valence electrons. The highest BCUT2D eigenvalue weighted by Crippen LogP contribution is 2.37. The van der Waals surface area contributed by atoms with Gasteiger partial charge in [-0.05, 0) is 43.1 Å². The Morgan fingerprint density at radius 1 is 1.08 bits per heavy atom. The number of aliphatic hydroxyl groups excluding tert-OH is 1. The first-order valence-electron chi connectivity index (χ1n) is 8.96. The van der Waals surface area contributed by atoms with Gasteiger partial charge < -0.3 is 19.7 Å². The lowest BCUT2D eigenvalue weighted by Gasteiger charge is -2.40. The van der Waals surface area contributed by atoms with E-state index in [-0.39, 0.29) is 0 Å². The Morgan fingerprint density at radius 2 is 1.81 bits per heavy atom. The van der Waals surface area contributed by atoms with Crippen LogP contribution in [-0.2, 0) is 5.60 Å². The van der Waals surface area contributed by atoms with E-state index in [9.17, 15) is 10.2 Å². The molecule has 0 aliphatic carbocycles. The number of hydrogen-bond donors (Lipinski definition) is 2. The predicted octanol–water partition coefficient (Wildman–Crippen LogP) is 2.72. The van der Waals surface area contributed by atoms with Crippen molar-refractivity contribution in [2.24, 2.45) is 0 Å². The first-order chi connectivity index (χ1) is 12.6. The van der Waals surface area contributed by atoms with Gasteiger partial charge in [-0.2, -0.15) is 0 Å². The lowest BCUT2D eigenvalue weighted by molar-refractivity contribution is -0.0474. The molecule has 26 heavy (non-hydrogen) atoms. The van der Waals surface area contributed by atoms with Crippen molar-refractivity contribution < 1.29 is 19.7 Å². The molecular formula is C21H27NO4. The van der Waals surface area contributed by atoms with Gasteiger partial charge in [0, 0.05) is 18.7 Å². The average Bonchev–Trinajstić information content (AvgIpc) is 2.68. The van der Waals surface area contributed by atoms with Gasteiger partial charge >= 0.3 is 0 Å². The SMILES string of the molecule is COc1ccc([C@H](O)CN2CCC[C@](O)(c3ccccc3OC)C2)cc1. The Labute approximate surface area is 154 Å². The third-order valence-corrected chi connectivity index (χ3v) is 5.09. The van der Waals surface area contributed by atoms with Crippen molar-refractivity contribution in [3.05, 3.63) is 59.7 Å². The standard InChI is InChI=1S/C21H27NO4/c1-25-17-10-8-16(9-11-17)19(23)14-22-13-5-12-21(24,15-22)18-6-3-4-7-20(18)26-2/h3-4,6-11,19,23-24H,5,12-15H2,1-2H3/t19-,21-/m1/s1. The third kappa shape index (κ3) is 4.01. The highest BCUT2D eigenvalue weighted by molar-refractivity contribution is 5.38. The van der Waals surface area contributed by atoms with Crippen LogP contribution >= 0.6 is 0 Å². The highest BCUT2D eigenvalue weighted by atomic mass is 16.5. The number of β-amino-alcohol motifs (C(OH)–C–C–N with tert-alkyl or cyclic N) is 2. The molecule has 2 atom stereocenters. The summed E-state index contributed by atoms with van der Waals surface area (Å²) >= 11 is 0. The second kappa shape index (κ2) is 8.08. The van der Waals surface area contributed by atoms with E-state index in [2.05, 4.69) is 4.90 Å². The molecule has 2 aromatic carbocycles. The largest absolute Gasteiger partial charge is 0.497 e. The van der Waals surface area contributed by atoms with Crippen molar-refractivity contribution in [3.63, 3.8) is 0 Å². The summed E-state index contributed by atoms with van der Waals surface area (Å²) in [5.74, 6) is 1.47. The van der Waals surface area contributed by atoms with Crippen LogP contribution in [0, 0.1) is 0 Å². The van der Waals surface area contributed by atoms with Crippen molar-refractivity contribution in [1.29, 1.82) is 0 Å². The van der Waals surface area contributed by atoms with Gasteiger partial charge in [0.15, 0.2) is 0 Å². The van der Waals surface area contributed by atoms with Crippen LogP contribution in [0.15, 0.2) is 48.5 Å². The number of nitrogens with zero attached hydrogens (tertiary/aromatic N) is 1. The minimum absolute atomic E-state index is 0.473. The van der Waals surface area contributed by atoms with Gasteiger partial charge in [-0.3, -0.25) is 4.90 Å². The van der Waals surface area contributed by atoms with Crippen LogP contribution in [-0.4, -0.2) is 49.0 Å². The predicted molar refractivity (Wildman–Crippen MR) is 101 cm³/mol. The van der Waals surface area contributed by atoms with Crippen molar-refractivity contribution >= 4 is 0 Å². The summed E-state index contributed by atoms with van der Waals surface area (Å²) in [6.45, 7) is 1.80.